The first-order valence-corrected chi connectivity index (χ1v) is 14.9. The van der Waals surface area contributed by atoms with Crippen molar-refractivity contribution in [3.05, 3.63) is 200 Å². The molecule has 4 aromatic carbocycles. The maximum atomic E-state index is 4.55. The SMILES string of the molecule is C=C/C=C\C(=C(C)C)N(C(=C)C(/C=C\C)=C/C=C)c1ccc(-c2c(-c3ccccc3)ccccccc3ccccc23)cc1. The van der Waals surface area contributed by atoms with E-state index in [4.69, 9.17) is 0 Å². The Labute approximate surface area is 263 Å². The van der Waals surface area contributed by atoms with Crippen LogP contribution in [-0.2, 0) is 0 Å². The molecule has 0 bridgehead atoms. The number of allylic oxidation sites excluding steroid dienone is 8. The van der Waals surface area contributed by atoms with Crippen LogP contribution in [0.4, 0.5) is 5.69 Å². The predicted octanol–water partition coefficient (Wildman–Crippen LogP) is 12.3. The molecular formula is C43H41N. The van der Waals surface area contributed by atoms with E-state index in [1.807, 2.05) is 25.2 Å². The molecule has 1 heteroatoms. The summed E-state index contributed by atoms with van der Waals surface area (Å²) in [6, 6.07) is 40.7. The largest absolute Gasteiger partial charge is 0.311 e. The van der Waals surface area contributed by atoms with Crippen LogP contribution >= 0.6 is 0 Å². The monoisotopic (exact) mass is 571 g/mol. The molecule has 0 aliphatic rings. The highest BCUT2D eigenvalue weighted by atomic mass is 15.2. The van der Waals surface area contributed by atoms with Crippen molar-refractivity contribution in [2.45, 2.75) is 20.8 Å². The standard InChI is InChI=1S/C43H41N/c1-7-10-28-42(33(4)5)44(34(6)35(20-8-2)21-9-3)39-31-29-38(30-32-39)43-40(36-23-15-13-16-24-36)26-17-12-11-14-22-37-25-18-19-27-41(37)43/h7-32H,1-2,6H2,3-5H3/b12-11?,14-11?,17-12?,21-9-,22-14?,26-17?,28-10-,35-20+,37-22?,40-26?,43-40?,43-41?. The summed E-state index contributed by atoms with van der Waals surface area (Å²) >= 11 is 0. The van der Waals surface area contributed by atoms with Crippen LogP contribution < -0.4 is 4.90 Å². The van der Waals surface area contributed by atoms with Gasteiger partial charge in [0.1, 0.15) is 0 Å². The highest BCUT2D eigenvalue weighted by Gasteiger charge is 2.18. The number of benzene rings is 3. The molecular weight excluding hydrogens is 530 g/mol. The van der Waals surface area contributed by atoms with E-state index in [-0.39, 0.29) is 0 Å². The van der Waals surface area contributed by atoms with Gasteiger partial charge in [0, 0.05) is 17.1 Å². The molecule has 0 saturated heterocycles. The molecule has 0 saturated carbocycles. The second kappa shape index (κ2) is 15.7. The maximum Gasteiger partial charge on any atom is 0.0462 e. The third-order valence-electron chi connectivity index (χ3n) is 7.26. The highest BCUT2D eigenvalue weighted by Crippen LogP contribution is 2.38. The van der Waals surface area contributed by atoms with Crippen molar-refractivity contribution in [1.29, 1.82) is 0 Å². The summed E-state index contributed by atoms with van der Waals surface area (Å²) in [7, 11) is 0. The lowest BCUT2D eigenvalue weighted by Gasteiger charge is -2.30. The molecule has 0 heterocycles. The normalized spacial score (nSPS) is 11.3. The zero-order valence-corrected chi connectivity index (χ0v) is 26.1. The van der Waals surface area contributed by atoms with Crippen LogP contribution in [0.2, 0.25) is 0 Å². The second-order valence-corrected chi connectivity index (χ2v) is 10.5. The van der Waals surface area contributed by atoms with Crippen molar-refractivity contribution in [3.8, 4) is 22.3 Å². The van der Waals surface area contributed by atoms with E-state index in [9.17, 15) is 0 Å². The molecule has 0 atom stereocenters. The van der Waals surface area contributed by atoms with Crippen molar-refractivity contribution in [2.75, 3.05) is 4.90 Å². The molecule has 4 aromatic rings. The summed E-state index contributed by atoms with van der Waals surface area (Å²) in [4.78, 5) is 2.20. The van der Waals surface area contributed by atoms with Crippen LogP contribution in [0.25, 0.3) is 33.0 Å². The van der Waals surface area contributed by atoms with Gasteiger partial charge in [-0.1, -0.05) is 165 Å². The van der Waals surface area contributed by atoms with E-state index < -0.39 is 0 Å². The van der Waals surface area contributed by atoms with E-state index in [0.29, 0.717) is 0 Å². The summed E-state index contributed by atoms with van der Waals surface area (Å²) in [5, 5.41) is 2.35. The highest BCUT2D eigenvalue weighted by molar-refractivity contribution is 6.02. The summed E-state index contributed by atoms with van der Waals surface area (Å²) in [5.41, 5.74) is 9.68. The van der Waals surface area contributed by atoms with E-state index >= 15 is 0 Å². The lowest BCUT2D eigenvalue weighted by Crippen LogP contribution is -2.22. The van der Waals surface area contributed by atoms with Gasteiger partial charge in [0.2, 0.25) is 0 Å². The molecule has 0 aliphatic carbocycles. The lowest BCUT2D eigenvalue weighted by molar-refractivity contribution is 1.09. The quantitative estimate of drug-likeness (QED) is 0.171. The second-order valence-electron chi connectivity index (χ2n) is 10.5. The number of hydrogen-bond acceptors (Lipinski definition) is 1. The van der Waals surface area contributed by atoms with Crippen LogP contribution in [0.15, 0.2) is 200 Å². The number of rotatable bonds is 10. The van der Waals surface area contributed by atoms with Gasteiger partial charge >= 0.3 is 0 Å². The Kier molecular flexibility index (Phi) is 11.3. The third-order valence-corrected chi connectivity index (χ3v) is 7.26. The van der Waals surface area contributed by atoms with Crippen LogP contribution in [-0.4, -0.2) is 0 Å². The molecule has 44 heavy (non-hydrogen) atoms. The van der Waals surface area contributed by atoms with Gasteiger partial charge in [-0.25, -0.2) is 0 Å². The van der Waals surface area contributed by atoms with Gasteiger partial charge in [-0.3, -0.25) is 0 Å². The van der Waals surface area contributed by atoms with E-state index in [2.05, 4.69) is 166 Å². The third kappa shape index (κ3) is 7.51. The maximum absolute atomic E-state index is 4.55. The van der Waals surface area contributed by atoms with Crippen LogP contribution in [0.1, 0.15) is 20.8 Å². The summed E-state index contributed by atoms with van der Waals surface area (Å²) in [6.45, 7) is 18.6. The Morgan fingerprint density at radius 1 is 0.659 bits per heavy atom. The summed E-state index contributed by atoms with van der Waals surface area (Å²) in [6.07, 6.45) is 13.7. The van der Waals surface area contributed by atoms with Crippen molar-refractivity contribution in [1.82, 2.24) is 0 Å². The zero-order chi connectivity index (χ0) is 31.3. The molecule has 0 unspecified atom stereocenters. The fraction of sp³-hybridized carbons (Fsp3) is 0.0698. The topological polar surface area (TPSA) is 3.24 Å². The first-order chi connectivity index (χ1) is 21.5. The van der Waals surface area contributed by atoms with Crippen LogP contribution in [0.5, 0.6) is 0 Å². The molecule has 0 aliphatic heterocycles. The summed E-state index contributed by atoms with van der Waals surface area (Å²) < 4.78 is 0. The van der Waals surface area contributed by atoms with Gasteiger partial charge in [0.15, 0.2) is 0 Å². The van der Waals surface area contributed by atoms with Gasteiger partial charge in [-0.15, -0.1) is 0 Å². The molecule has 218 valence electrons. The first-order valence-electron chi connectivity index (χ1n) is 14.9. The van der Waals surface area contributed by atoms with E-state index in [1.165, 1.54) is 16.3 Å². The number of fused-ring (bicyclic) bond motifs is 1. The molecule has 0 N–H and O–H groups in total. The summed E-state index contributed by atoms with van der Waals surface area (Å²) in [5.74, 6) is 0. The van der Waals surface area contributed by atoms with E-state index in [1.54, 1.807) is 12.2 Å². The molecule has 4 rings (SSSR count). The van der Waals surface area contributed by atoms with Crippen molar-refractivity contribution >= 4 is 16.5 Å². The molecule has 1 nitrogen and oxygen atoms in total. The van der Waals surface area contributed by atoms with Gasteiger partial charge < -0.3 is 4.90 Å². The number of nitrogens with zero attached hydrogens (tertiary/aromatic N) is 1. The lowest BCUT2D eigenvalue weighted by atomic mass is 9.92. The van der Waals surface area contributed by atoms with Gasteiger partial charge in [-0.2, -0.15) is 0 Å². The van der Waals surface area contributed by atoms with Crippen LogP contribution in [0.3, 0.4) is 0 Å². The van der Waals surface area contributed by atoms with Gasteiger partial charge in [-0.05, 0) is 77.6 Å². The molecule has 0 radical (unpaired) electrons. The fourth-order valence-corrected chi connectivity index (χ4v) is 5.23. The molecule has 0 amide bonds. The van der Waals surface area contributed by atoms with Crippen molar-refractivity contribution in [3.63, 3.8) is 0 Å². The minimum atomic E-state index is 0.855. The smallest absolute Gasteiger partial charge is 0.0462 e. The van der Waals surface area contributed by atoms with Crippen LogP contribution in [0, 0.1) is 0 Å². The molecule has 0 spiro atoms. The average Bonchev–Trinajstić information content (AvgIpc) is 3.05. The van der Waals surface area contributed by atoms with Gasteiger partial charge in [0.25, 0.3) is 0 Å². The zero-order valence-electron chi connectivity index (χ0n) is 26.1. The van der Waals surface area contributed by atoms with E-state index in [0.717, 1.165) is 44.9 Å². The number of anilines is 1. The Bertz CT molecular complexity index is 1810. The fourth-order valence-electron chi connectivity index (χ4n) is 5.23. The predicted molar refractivity (Wildman–Crippen MR) is 195 cm³/mol. The Morgan fingerprint density at radius 2 is 1.27 bits per heavy atom. The van der Waals surface area contributed by atoms with Gasteiger partial charge in [0.05, 0.1) is 0 Å². The Balaban J connectivity index is 2.02. The minimum absolute atomic E-state index is 0.855. The van der Waals surface area contributed by atoms with Crippen molar-refractivity contribution in [2.24, 2.45) is 0 Å². The first kappa shape index (κ1) is 31.5. The molecule has 0 fully saturated rings. The Morgan fingerprint density at radius 3 is 1.91 bits per heavy atom. The molecule has 0 aromatic heterocycles. The number of hydrogen-bond donors (Lipinski definition) is 0. The Hall–Kier alpha value is -5.40. The average molecular weight is 572 g/mol. The minimum Gasteiger partial charge on any atom is -0.311 e. The van der Waals surface area contributed by atoms with Crippen molar-refractivity contribution < 1.29 is 0 Å².